The van der Waals surface area contributed by atoms with E-state index < -0.39 is 21.2 Å². The van der Waals surface area contributed by atoms with E-state index in [1.165, 1.54) is 6.20 Å². The Labute approximate surface area is 166 Å². The van der Waals surface area contributed by atoms with Gasteiger partial charge in [-0.2, -0.15) is 0 Å². The summed E-state index contributed by atoms with van der Waals surface area (Å²) in [5.74, 6) is -0.647. The van der Waals surface area contributed by atoms with E-state index in [2.05, 4.69) is 15.0 Å². The SMILES string of the molecule is O=C(Nc1cccnc1)C(C1CCCCC1)S(=O)(=O)NCCc1ccccc1. The lowest BCUT2D eigenvalue weighted by atomic mass is 9.86. The normalized spacial score (nSPS) is 16.4. The number of nitrogens with one attached hydrogen (secondary N) is 2. The number of benzene rings is 1. The molecule has 6 nitrogen and oxygen atoms in total. The summed E-state index contributed by atoms with van der Waals surface area (Å²) in [7, 11) is -3.79. The van der Waals surface area contributed by atoms with Crippen molar-refractivity contribution >= 4 is 21.6 Å². The van der Waals surface area contributed by atoms with Crippen molar-refractivity contribution in [2.24, 2.45) is 5.92 Å². The number of carbonyl (C=O) groups is 1. The number of rotatable bonds is 8. The van der Waals surface area contributed by atoms with Crippen molar-refractivity contribution in [3.8, 4) is 0 Å². The lowest BCUT2D eigenvalue weighted by molar-refractivity contribution is -0.116. The molecule has 1 aliphatic rings. The van der Waals surface area contributed by atoms with Crippen LogP contribution in [0, 0.1) is 5.92 Å². The molecule has 0 aliphatic heterocycles. The first-order valence-electron chi connectivity index (χ1n) is 9.79. The first-order chi connectivity index (χ1) is 13.6. The van der Waals surface area contributed by atoms with Gasteiger partial charge in [0.15, 0.2) is 5.25 Å². The van der Waals surface area contributed by atoms with Crippen molar-refractivity contribution in [3.63, 3.8) is 0 Å². The van der Waals surface area contributed by atoms with Crippen molar-refractivity contribution in [2.75, 3.05) is 11.9 Å². The van der Waals surface area contributed by atoms with E-state index in [-0.39, 0.29) is 12.5 Å². The van der Waals surface area contributed by atoms with E-state index in [0.29, 0.717) is 12.1 Å². The molecule has 1 unspecified atom stereocenters. The zero-order chi connectivity index (χ0) is 19.8. The van der Waals surface area contributed by atoms with Crippen LogP contribution in [-0.4, -0.2) is 31.1 Å². The molecule has 1 fully saturated rings. The lowest BCUT2D eigenvalue weighted by Gasteiger charge is -2.29. The highest BCUT2D eigenvalue weighted by molar-refractivity contribution is 7.90. The zero-order valence-corrected chi connectivity index (χ0v) is 16.7. The molecular formula is C21H27N3O3S. The summed E-state index contributed by atoms with van der Waals surface area (Å²) in [4.78, 5) is 16.9. The van der Waals surface area contributed by atoms with Gasteiger partial charge in [0.05, 0.1) is 11.9 Å². The fourth-order valence-corrected chi connectivity index (χ4v) is 5.45. The topological polar surface area (TPSA) is 88.2 Å². The second kappa shape index (κ2) is 9.80. The number of nitrogens with zero attached hydrogens (tertiary/aromatic N) is 1. The molecular weight excluding hydrogens is 374 g/mol. The lowest BCUT2D eigenvalue weighted by Crippen LogP contribution is -2.47. The molecule has 28 heavy (non-hydrogen) atoms. The minimum Gasteiger partial charge on any atom is -0.324 e. The van der Waals surface area contributed by atoms with Gasteiger partial charge < -0.3 is 5.32 Å². The molecule has 1 saturated carbocycles. The van der Waals surface area contributed by atoms with E-state index >= 15 is 0 Å². The quantitative estimate of drug-likeness (QED) is 0.711. The number of pyridine rings is 1. The number of aromatic nitrogens is 1. The Kier molecular flexibility index (Phi) is 7.17. The molecule has 3 rings (SSSR count). The first kappa shape index (κ1) is 20.5. The monoisotopic (exact) mass is 401 g/mol. The van der Waals surface area contributed by atoms with Crippen LogP contribution in [0.3, 0.4) is 0 Å². The fourth-order valence-electron chi connectivity index (χ4n) is 3.77. The minimum atomic E-state index is -3.79. The number of hydrogen-bond donors (Lipinski definition) is 2. The highest BCUT2D eigenvalue weighted by Crippen LogP contribution is 2.30. The van der Waals surface area contributed by atoms with Crippen molar-refractivity contribution in [1.82, 2.24) is 9.71 Å². The Bertz CT molecular complexity index is 851. The average molecular weight is 402 g/mol. The summed E-state index contributed by atoms with van der Waals surface area (Å²) in [5, 5.41) is 1.64. The minimum absolute atomic E-state index is 0.167. The van der Waals surface area contributed by atoms with Gasteiger partial charge >= 0.3 is 0 Å². The molecule has 1 aromatic heterocycles. The maximum absolute atomic E-state index is 13.1. The molecule has 1 aromatic carbocycles. The molecule has 2 N–H and O–H groups in total. The predicted molar refractivity (Wildman–Crippen MR) is 110 cm³/mol. The van der Waals surface area contributed by atoms with E-state index in [1.54, 1.807) is 18.3 Å². The largest absolute Gasteiger partial charge is 0.324 e. The van der Waals surface area contributed by atoms with Crippen LogP contribution in [0.4, 0.5) is 5.69 Å². The molecule has 0 bridgehead atoms. The molecule has 150 valence electrons. The molecule has 2 aromatic rings. The van der Waals surface area contributed by atoms with Crippen LogP contribution in [0.2, 0.25) is 0 Å². The molecule has 1 heterocycles. The summed E-state index contributed by atoms with van der Waals surface area (Å²) < 4.78 is 28.8. The summed E-state index contributed by atoms with van der Waals surface area (Å²) in [6, 6.07) is 13.1. The van der Waals surface area contributed by atoms with E-state index in [4.69, 9.17) is 0 Å². The van der Waals surface area contributed by atoms with E-state index in [1.807, 2.05) is 30.3 Å². The van der Waals surface area contributed by atoms with Crippen molar-refractivity contribution in [3.05, 3.63) is 60.4 Å². The smallest absolute Gasteiger partial charge is 0.244 e. The van der Waals surface area contributed by atoms with Gasteiger partial charge in [-0.15, -0.1) is 0 Å². The van der Waals surface area contributed by atoms with Gasteiger partial charge in [0.25, 0.3) is 0 Å². The Balaban J connectivity index is 1.71. The van der Waals surface area contributed by atoms with Crippen molar-refractivity contribution < 1.29 is 13.2 Å². The number of carbonyl (C=O) groups excluding carboxylic acids is 1. The number of anilines is 1. The van der Waals surface area contributed by atoms with Crippen molar-refractivity contribution in [1.29, 1.82) is 0 Å². The van der Waals surface area contributed by atoms with Crippen LogP contribution in [-0.2, 0) is 21.2 Å². The third kappa shape index (κ3) is 5.62. The maximum atomic E-state index is 13.1. The maximum Gasteiger partial charge on any atom is 0.244 e. The molecule has 0 spiro atoms. The second-order valence-electron chi connectivity index (χ2n) is 7.22. The molecule has 7 heteroatoms. The standard InChI is InChI=1S/C21H27N3O3S/c25-21(24-19-12-7-14-22-16-19)20(18-10-5-2-6-11-18)28(26,27)23-15-13-17-8-3-1-4-9-17/h1,3-4,7-9,12,14,16,18,20,23H,2,5-6,10-11,13,15H2,(H,24,25). The third-order valence-electron chi connectivity index (χ3n) is 5.16. The summed E-state index contributed by atoms with van der Waals surface area (Å²) in [6.45, 7) is 0.274. The van der Waals surface area contributed by atoms with Gasteiger partial charge in [-0.05, 0) is 42.9 Å². The second-order valence-corrected chi connectivity index (χ2v) is 9.11. The highest BCUT2D eigenvalue weighted by Gasteiger charge is 2.39. The number of hydrogen-bond acceptors (Lipinski definition) is 4. The Morgan fingerprint density at radius 3 is 2.50 bits per heavy atom. The molecule has 0 radical (unpaired) electrons. The Hall–Kier alpha value is -2.25. The average Bonchev–Trinajstić information content (AvgIpc) is 2.70. The Morgan fingerprint density at radius 2 is 1.82 bits per heavy atom. The molecule has 1 aliphatic carbocycles. The van der Waals surface area contributed by atoms with Crippen LogP contribution in [0.5, 0.6) is 0 Å². The summed E-state index contributed by atoms with van der Waals surface area (Å²) in [5.41, 5.74) is 1.56. The van der Waals surface area contributed by atoms with Crippen LogP contribution < -0.4 is 10.0 Å². The molecule has 1 atom stereocenters. The third-order valence-corrected chi connectivity index (χ3v) is 7.03. The van der Waals surface area contributed by atoms with E-state index in [0.717, 1.165) is 37.7 Å². The van der Waals surface area contributed by atoms with Gasteiger partial charge in [-0.3, -0.25) is 9.78 Å². The predicted octanol–water partition coefficient (Wildman–Crippen LogP) is 3.13. The summed E-state index contributed by atoms with van der Waals surface area (Å²) >= 11 is 0. The number of sulfonamides is 1. The molecule has 1 amide bonds. The highest BCUT2D eigenvalue weighted by atomic mass is 32.2. The van der Waals surface area contributed by atoms with Gasteiger partial charge in [-0.25, -0.2) is 13.1 Å². The Morgan fingerprint density at radius 1 is 1.07 bits per heavy atom. The molecule has 0 saturated heterocycles. The van der Waals surface area contributed by atoms with Crippen molar-refractivity contribution in [2.45, 2.75) is 43.8 Å². The first-order valence-corrected chi connectivity index (χ1v) is 11.3. The van der Waals surface area contributed by atoms with Crippen LogP contribution >= 0.6 is 0 Å². The van der Waals surface area contributed by atoms with Gasteiger partial charge in [-0.1, -0.05) is 49.6 Å². The van der Waals surface area contributed by atoms with Gasteiger partial charge in [0.2, 0.25) is 15.9 Å². The number of amides is 1. The van der Waals surface area contributed by atoms with Crippen LogP contribution in [0.15, 0.2) is 54.9 Å². The van der Waals surface area contributed by atoms with Gasteiger partial charge in [0.1, 0.15) is 0 Å². The van der Waals surface area contributed by atoms with Gasteiger partial charge in [0, 0.05) is 12.7 Å². The summed E-state index contributed by atoms with van der Waals surface area (Å²) in [6.07, 6.45) is 8.23. The van der Waals surface area contributed by atoms with Crippen LogP contribution in [0.25, 0.3) is 0 Å². The van der Waals surface area contributed by atoms with Crippen LogP contribution in [0.1, 0.15) is 37.7 Å². The van der Waals surface area contributed by atoms with E-state index in [9.17, 15) is 13.2 Å². The zero-order valence-electron chi connectivity index (χ0n) is 15.9. The fraction of sp³-hybridized carbons (Fsp3) is 0.429.